The van der Waals surface area contributed by atoms with Crippen LogP contribution in [0.4, 0.5) is 0 Å². The lowest BCUT2D eigenvalue weighted by atomic mass is 10.2. The SMILES string of the molecule is Cc1nccn1CCOc1ccc(Br)cc1CNC1CC1. The van der Waals surface area contributed by atoms with Gasteiger partial charge in [-0.1, -0.05) is 15.9 Å². The van der Waals surface area contributed by atoms with E-state index in [0.29, 0.717) is 12.6 Å². The van der Waals surface area contributed by atoms with Crippen LogP contribution in [0, 0.1) is 6.92 Å². The molecule has 0 spiro atoms. The van der Waals surface area contributed by atoms with E-state index in [1.165, 1.54) is 18.4 Å². The van der Waals surface area contributed by atoms with E-state index in [1.807, 2.05) is 31.5 Å². The van der Waals surface area contributed by atoms with E-state index >= 15 is 0 Å². The number of halogens is 1. The van der Waals surface area contributed by atoms with E-state index < -0.39 is 0 Å². The predicted octanol–water partition coefficient (Wildman–Crippen LogP) is 3.29. The van der Waals surface area contributed by atoms with Gasteiger partial charge in [0.1, 0.15) is 18.2 Å². The fourth-order valence-corrected chi connectivity index (χ4v) is 2.67. The van der Waals surface area contributed by atoms with Crippen molar-refractivity contribution in [2.24, 2.45) is 0 Å². The van der Waals surface area contributed by atoms with Gasteiger partial charge < -0.3 is 14.6 Å². The molecule has 0 atom stereocenters. The van der Waals surface area contributed by atoms with E-state index in [4.69, 9.17) is 4.74 Å². The van der Waals surface area contributed by atoms with E-state index in [9.17, 15) is 0 Å². The number of rotatable bonds is 7. The van der Waals surface area contributed by atoms with Gasteiger partial charge in [-0.2, -0.15) is 0 Å². The third-order valence-electron chi connectivity index (χ3n) is 3.69. The molecule has 4 nitrogen and oxygen atoms in total. The Morgan fingerprint density at radius 2 is 2.29 bits per heavy atom. The third kappa shape index (κ3) is 4.08. The molecule has 1 N–H and O–H groups in total. The normalized spacial score (nSPS) is 14.4. The van der Waals surface area contributed by atoms with E-state index in [-0.39, 0.29) is 0 Å². The summed E-state index contributed by atoms with van der Waals surface area (Å²) in [4.78, 5) is 4.22. The lowest BCUT2D eigenvalue weighted by Gasteiger charge is -2.13. The van der Waals surface area contributed by atoms with Crippen molar-refractivity contribution in [3.05, 3.63) is 46.5 Å². The van der Waals surface area contributed by atoms with Gasteiger partial charge in [-0.25, -0.2) is 4.98 Å². The van der Waals surface area contributed by atoms with Crippen LogP contribution < -0.4 is 10.1 Å². The van der Waals surface area contributed by atoms with Gasteiger partial charge >= 0.3 is 0 Å². The Balaban J connectivity index is 1.59. The molecule has 0 amide bonds. The third-order valence-corrected chi connectivity index (χ3v) is 4.19. The highest BCUT2D eigenvalue weighted by atomic mass is 79.9. The molecule has 1 fully saturated rings. The second-order valence-electron chi connectivity index (χ2n) is 5.42. The Bertz CT molecular complexity index is 607. The molecule has 1 heterocycles. The van der Waals surface area contributed by atoms with E-state index in [2.05, 4.69) is 36.9 Å². The van der Waals surface area contributed by atoms with Crippen LogP contribution in [0.15, 0.2) is 35.1 Å². The summed E-state index contributed by atoms with van der Waals surface area (Å²) in [5, 5.41) is 3.54. The van der Waals surface area contributed by atoms with Gasteiger partial charge in [-0.05, 0) is 38.0 Å². The summed E-state index contributed by atoms with van der Waals surface area (Å²) in [6.07, 6.45) is 6.39. The summed E-state index contributed by atoms with van der Waals surface area (Å²) in [5.74, 6) is 1.98. The first-order valence-electron chi connectivity index (χ1n) is 7.35. The number of benzene rings is 1. The zero-order chi connectivity index (χ0) is 14.7. The molecular formula is C16H20BrN3O. The molecule has 5 heteroatoms. The molecular weight excluding hydrogens is 330 g/mol. The first-order valence-corrected chi connectivity index (χ1v) is 8.14. The van der Waals surface area contributed by atoms with Gasteiger partial charge in [0.15, 0.2) is 0 Å². The van der Waals surface area contributed by atoms with Crippen LogP contribution in [0.3, 0.4) is 0 Å². The van der Waals surface area contributed by atoms with Gasteiger partial charge in [0.2, 0.25) is 0 Å². The molecule has 1 aliphatic carbocycles. The minimum Gasteiger partial charge on any atom is -0.491 e. The zero-order valence-corrected chi connectivity index (χ0v) is 13.8. The highest BCUT2D eigenvalue weighted by molar-refractivity contribution is 9.10. The first-order chi connectivity index (χ1) is 10.2. The van der Waals surface area contributed by atoms with Crippen molar-refractivity contribution in [3.63, 3.8) is 0 Å². The van der Waals surface area contributed by atoms with Crippen LogP contribution in [0.25, 0.3) is 0 Å². The van der Waals surface area contributed by atoms with Crippen molar-refractivity contribution in [1.82, 2.24) is 14.9 Å². The molecule has 0 saturated heterocycles. The highest BCUT2D eigenvalue weighted by Crippen LogP contribution is 2.25. The second-order valence-corrected chi connectivity index (χ2v) is 6.34. The number of aryl methyl sites for hydroxylation is 1. The Hall–Kier alpha value is -1.33. The quantitative estimate of drug-likeness (QED) is 0.833. The first kappa shape index (κ1) is 14.6. The molecule has 0 radical (unpaired) electrons. The average Bonchev–Trinajstić information content (AvgIpc) is 3.21. The number of ether oxygens (including phenoxy) is 1. The van der Waals surface area contributed by atoms with Crippen molar-refractivity contribution < 1.29 is 4.74 Å². The smallest absolute Gasteiger partial charge is 0.123 e. The Labute approximate surface area is 133 Å². The minimum absolute atomic E-state index is 0.648. The topological polar surface area (TPSA) is 39.1 Å². The van der Waals surface area contributed by atoms with Gasteiger partial charge in [-0.3, -0.25) is 0 Å². The number of aromatic nitrogens is 2. The maximum atomic E-state index is 5.96. The van der Waals surface area contributed by atoms with Crippen molar-refractivity contribution >= 4 is 15.9 Å². The van der Waals surface area contributed by atoms with Crippen LogP contribution in [-0.2, 0) is 13.1 Å². The summed E-state index contributed by atoms with van der Waals surface area (Å²) in [6, 6.07) is 6.89. The van der Waals surface area contributed by atoms with Crippen molar-refractivity contribution in [2.75, 3.05) is 6.61 Å². The molecule has 2 aromatic rings. The maximum absolute atomic E-state index is 5.96. The fraction of sp³-hybridized carbons (Fsp3) is 0.438. The minimum atomic E-state index is 0.648. The van der Waals surface area contributed by atoms with Crippen LogP contribution in [0.2, 0.25) is 0 Å². The summed E-state index contributed by atoms with van der Waals surface area (Å²) in [5.41, 5.74) is 1.21. The monoisotopic (exact) mass is 349 g/mol. The molecule has 1 aromatic heterocycles. The van der Waals surface area contributed by atoms with Crippen LogP contribution >= 0.6 is 15.9 Å². The summed E-state index contributed by atoms with van der Waals surface area (Å²) in [7, 11) is 0. The Morgan fingerprint density at radius 3 is 3.00 bits per heavy atom. The van der Waals surface area contributed by atoms with Crippen molar-refractivity contribution in [2.45, 2.75) is 38.9 Å². The molecule has 3 rings (SSSR count). The number of nitrogens with one attached hydrogen (secondary N) is 1. The van der Waals surface area contributed by atoms with Gasteiger partial charge in [0.05, 0.1) is 6.54 Å². The largest absolute Gasteiger partial charge is 0.491 e. The van der Waals surface area contributed by atoms with Crippen molar-refractivity contribution in [3.8, 4) is 5.75 Å². The Morgan fingerprint density at radius 1 is 1.43 bits per heavy atom. The molecule has 1 saturated carbocycles. The van der Waals surface area contributed by atoms with Crippen molar-refractivity contribution in [1.29, 1.82) is 0 Å². The summed E-state index contributed by atoms with van der Waals surface area (Å²) in [6.45, 7) is 4.33. The fourth-order valence-electron chi connectivity index (χ4n) is 2.26. The molecule has 0 aliphatic heterocycles. The number of imidazole rings is 1. The zero-order valence-electron chi connectivity index (χ0n) is 12.2. The molecule has 112 valence electrons. The Kier molecular flexibility index (Phi) is 4.60. The summed E-state index contributed by atoms with van der Waals surface area (Å²) >= 11 is 3.53. The van der Waals surface area contributed by atoms with Gasteiger partial charge in [0, 0.05) is 35.0 Å². The van der Waals surface area contributed by atoms with E-state index in [0.717, 1.165) is 29.1 Å². The molecule has 0 unspecified atom stereocenters. The second kappa shape index (κ2) is 6.62. The number of hydrogen-bond acceptors (Lipinski definition) is 3. The van der Waals surface area contributed by atoms with Crippen LogP contribution in [0.5, 0.6) is 5.75 Å². The number of hydrogen-bond donors (Lipinski definition) is 1. The van der Waals surface area contributed by atoms with Gasteiger partial charge in [0.25, 0.3) is 0 Å². The highest BCUT2D eigenvalue weighted by Gasteiger charge is 2.20. The van der Waals surface area contributed by atoms with Crippen LogP contribution in [-0.4, -0.2) is 22.2 Å². The molecule has 1 aliphatic rings. The number of nitrogens with zero attached hydrogens (tertiary/aromatic N) is 2. The van der Waals surface area contributed by atoms with Crippen LogP contribution in [0.1, 0.15) is 24.2 Å². The molecule has 0 bridgehead atoms. The van der Waals surface area contributed by atoms with Gasteiger partial charge in [-0.15, -0.1) is 0 Å². The molecule has 1 aromatic carbocycles. The summed E-state index contributed by atoms with van der Waals surface area (Å²) < 4.78 is 9.15. The standard InChI is InChI=1S/C16H20BrN3O/c1-12-18-6-7-20(12)8-9-21-16-5-2-14(17)10-13(16)11-19-15-3-4-15/h2,5-7,10,15,19H,3-4,8-9,11H2,1H3. The van der Waals surface area contributed by atoms with E-state index in [1.54, 1.807) is 0 Å². The lowest BCUT2D eigenvalue weighted by molar-refractivity contribution is 0.293. The lowest BCUT2D eigenvalue weighted by Crippen LogP contribution is -2.17. The molecule has 21 heavy (non-hydrogen) atoms. The predicted molar refractivity (Wildman–Crippen MR) is 86.5 cm³/mol. The average molecular weight is 350 g/mol. The maximum Gasteiger partial charge on any atom is 0.123 e.